The van der Waals surface area contributed by atoms with Crippen LogP contribution in [0.3, 0.4) is 0 Å². The van der Waals surface area contributed by atoms with E-state index in [1.54, 1.807) is 0 Å². The van der Waals surface area contributed by atoms with Crippen LogP contribution in [-0.4, -0.2) is 18.0 Å². The van der Waals surface area contributed by atoms with Crippen LogP contribution in [-0.2, 0) is 9.53 Å². The van der Waals surface area contributed by atoms with Crippen molar-refractivity contribution in [2.75, 3.05) is 0 Å². The monoisotopic (exact) mass is 170 g/mol. The molecule has 0 saturated carbocycles. The van der Waals surface area contributed by atoms with Crippen molar-refractivity contribution < 1.29 is 9.53 Å². The van der Waals surface area contributed by atoms with E-state index in [4.69, 9.17) is 4.74 Å². The van der Waals surface area contributed by atoms with Crippen LogP contribution >= 0.6 is 0 Å². The van der Waals surface area contributed by atoms with Gasteiger partial charge in [-0.25, -0.2) is 0 Å². The number of rotatable bonds is 4. The second kappa shape index (κ2) is 4.61. The molecule has 0 aliphatic carbocycles. The Morgan fingerprint density at radius 3 is 2.75 bits per heavy atom. The number of carbonyl (C=O) groups excluding carboxylic acids is 1. The normalized spacial score (nSPS) is 29.7. The van der Waals surface area contributed by atoms with Crippen LogP contribution in [0.25, 0.3) is 0 Å². The van der Waals surface area contributed by atoms with E-state index < -0.39 is 0 Å². The molecule has 0 aromatic rings. The molecule has 2 nitrogen and oxygen atoms in total. The van der Waals surface area contributed by atoms with Crippen molar-refractivity contribution in [2.45, 2.75) is 58.2 Å². The first kappa shape index (κ1) is 9.72. The fraction of sp³-hybridized carbons (Fsp3) is 0.900. The maximum absolute atomic E-state index is 11.1. The molecule has 1 aliphatic rings. The average molecular weight is 170 g/mol. The molecule has 1 heterocycles. The summed E-state index contributed by atoms with van der Waals surface area (Å²) in [4.78, 5) is 11.1. The Balaban J connectivity index is 2.14. The van der Waals surface area contributed by atoms with E-state index >= 15 is 0 Å². The molecule has 0 radical (unpaired) electrons. The third-order valence-electron chi connectivity index (χ3n) is 2.41. The van der Waals surface area contributed by atoms with Gasteiger partial charge in [0.2, 0.25) is 0 Å². The molecule has 1 fully saturated rings. The molecular weight excluding hydrogens is 152 g/mol. The van der Waals surface area contributed by atoms with Crippen LogP contribution in [0.5, 0.6) is 0 Å². The van der Waals surface area contributed by atoms with Crippen molar-refractivity contribution in [3.05, 3.63) is 0 Å². The van der Waals surface area contributed by atoms with Gasteiger partial charge in [-0.1, -0.05) is 26.2 Å². The minimum Gasteiger partial charge on any atom is -0.367 e. The maximum Gasteiger partial charge on any atom is 0.163 e. The Bertz CT molecular complexity index is 154. The summed E-state index contributed by atoms with van der Waals surface area (Å²) in [7, 11) is 0. The van der Waals surface area contributed by atoms with Crippen LogP contribution in [0, 0.1) is 0 Å². The van der Waals surface area contributed by atoms with Crippen molar-refractivity contribution in [3.63, 3.8) is 0 Å². The van der Waals surface area contributed by atoms with E-state index in [2.05, 4.69) is 6.92 Å². The molecule has 12 heavy (non-hydrogen) atoms. The van der Waals surface area contributed by atoms with E-state index in [0.717, 1.165) is 6.42 Å². The highest BCUT2D eigenvalue weighted by atomic mass is 16.5. The molecule has 70 valence electrons. The quantitative estimate of drug-likeness (QED) is 0.605. The van der Waals surface area contributed by atoms with Gasteiger partial charge in [-0.05, 0) is 13.3 Å². The van der Waals surface area contributed by atoms with E-state index in [9.17, 15) is 4.79 Å². The fourth-order valence-corrected chi connectivity index (χ4v) is 1.60. The van der Waals surface area contributed by atoms with Crippen LogP contribution in [0.1, 0.15) is 46.0 Å². The Labute approximate surface area is 74.3 Å². The van der Waals surface area contributed by atoms with Gasteiger partial charge < -0.3 is 4.74 Å². The summed E-state index contributed by atoms with van der Waals surface area (Å²) < 4.78 is 5.47. The summed E-state index contributed by atoms with van der Waals surface area (Å²) >= 11 is 0. The zero-order chi connectivity index (χ0) is 8.97. The summed E-state index contributed by atoms with van der Waals surface area (Å²) in [5.74, 6) is 0.275. The molecule has 0 unspecified atom stereocenters. The molecule has 0 N–H and O–H groups in total. The zero-order valence-corrected chi connectivity index (χ0v) is 8.01. The van der Waals surface area contributed by atoms with Gasteiger partial charge in [0.1, 0.15) is 6.10 Å². The minimum absolute atomic E-state index is 0.142. The van der Waals surface area contributed by atoms with Crippen LogP contribution in [0.4, 0.5) is 0 Å². The van der Waals surface area contributed by atoms with Crippen molar-refractivity contribution in [2.24, 2.45) is 0 Å². The van der Waals surface area contributed by atoms with E-state index in [1.165, 1.54) is 19.3 Å². The molecule has 1 rings (SSSR count). The first-order chi connectivity index (χ1) is 5.74. The number of ether oxygens (including phenoxy) is 1. The van der Waals surface area contributed by atoms with Gasteiger partial charge in [-0.3, -0.25) is 4.79 Å². The van der Waals surface area contributed by atoms with Crippen molar-refractivity contribution >= 4 is 5.78 Å². The van der Waals surface area contributed by atoms with Crippen LogP contribution in [0.15, 0.2) is 0 Å². The first-order valence-electron chi connectivity index (χ1n) is 4.92. The van der Waals surface area contributed by atoms with Gasteiger partial charge in [-0.15, -0.1) is 0 Å². The third-order valence-corrected chi connectivity index (χ3v) is 2.41. The molecule has 2 atom stereocenters. The summed E-state index contributed by atoms with van der Waals surface area (Å²) in [6, 6.07) is 0. The average Bonchev–Trinajstić information content (AvgIpc) is 2.32. The van der Waals surface area contributed by atoms with Crippen LogP contribution in [0.2, 0.25) is 0 Å². The number of hydrogen-bond donors (Lipinski definition) is 0. The highest BCUT2D eigenvalue weighted by Gasteiger charge is 2.28. The summed E-state index contributed by atoms with van der Waals surface area (Å²) in [5, 5.41) is 0. The predicted octanol–water partition coefficient (Wildman–Crippen LogP) is 2.31. The third kappa shape index (κ3) is 2.59. The second-order valence-corrected chi connectivity index (χ2v) is 3.57. The predicted molar refractivity (Wildman–Crippen MR) is 48.1 cm³/mol. The number of hydrogen-bond acceptors (Lipinski definition) is 2. The van der Waals surface area contributed by atoms with Crippen molar-refractivity contribution in [1.82, 2.24) is 0 Å². The zero-order valence-electron chi connectivity index (χ0n) is 8.01. The van der Waals surface area contributed by atoms with Gasteiger partial charge in [-0.2, -0.15) is 0 Å². The fourth-order valence-electron chi connectivity index (χ4n) is 1.60. The highest BCUT2D eigenvalue weighted by Crippen LogP contribution is 2.20. The van der Waals surface area contributed by atoms with E-state index in [-0.39, 0.29) is 18.0 Å². The standard InChI is InChI=1S/C10H18O2/c1-3-4-5-6-9-7-10(11)8(2)12-9/h8-9H,3-7H2,1-2H3/t8-,9-/m0/s1. The van der Waals surface area contributed by atoms with Crippen molar-refractivity contribution in [3.8, 4) is 0 Å². The second-order valence-electron chi connectivity index (χ2n) is 3.57. The molecule has 0 spiro atoms. The SMILES string of the molecule is CCCCC[C@H]1CC(=O)[C@H](C)O1. The largest absolute Gasteiger partial charge is 0.367 e. The minimum atomic E-state index is -0.142. The number of ketones is 1. The van der Waals surface area contributed by atoms with Gasteiger partial charge in [0.05, 0.1) is 6.10 Å². The number of carbonyl (C=O) groups is 1. The van der Waals surface area contributed by atoms with Gasteiger partial charge in [0.15, 0.2) is 5.78 Å². The Morgan fingerprint density at radius 2 is 2.25 bits per heavy atom. The Kier molecular flexibility index (Phi) is 3.73. The maximum atomic E-state index is 11.1. The Morgan fingerprint density at radius 1 is 1.50 bits per heavy atom. The lowest BCUT2D eigenvalue weighted by molar-refractivity contribution is -0.121. The summed E-state index contributed by atoms with van der Waals surface area (Å²) in [5.41, 5.74) is 0. The summed E-state index contributed by atoms with van der Waals surface area (Å²) in [6.07, 6.45) is 5.46. The van der Waals surface area contributed by atoms with E-state index in [1.807, 2.05) is 6.92 Å². The Hall–Kier alpha value is -0.370. The number of Topliss-reactive ketones (excluding diaryl/α,β-unsaturated/α-hetero) is 1. The van der Waals surface area contributed by atoms with Gasteiger partial charge in [0, 0.05) is 6.42 Å². The lowest BCUT2D eigenvalue weighted by atomic mass is 10.1. The smallest absolute Gasteiger partial charge is 0.163 e. The molecule has 2 heteroatoms. The topological polar surface area (TPSA) is 26.3 Å². The van der Waals surface area contributed by atoms with Crippen molar-refractivity contribution in [1.29, 1.82) is 0 Å². The van der Waals surface area contributed by atoms with Crippen LogP contribution < -0.4 is 0 Å². The molecular formula is C10H18O2. The summed E-state index contributed by atoms with van der Waals surface area (Å²) in [6.45, 7) is 4.03. The molecule has 1 aliphatic heterocycles. The molecule has 0 aromatic heterocycles. The molecule has 0 amide bonds. The first-order valence-corrected chi connectivity index (χ1v) is 4.92. The van der Waals surface area contributed by atoms with E-state index in [0.29, 0.717) is 6.42 Å². The van der Waals surface area contributed by atoms with Gasteiger partial charge in [0.25, 0.3) is 0 Å². The number of unbranched alkanes of at least 4 members (excludes halogenated alkanes) is 2. The lowest BCUT2D eigenvalue weighted by Gasteiger charge is -2.08. The highest BCUT2D eigenvalue weighted by molar-refractivity contribution is 5.84. The molecule has 0 aromatic carbocycles. The molecule has 1 saturated heterocycles. The molecule has 0 bridgehead atoms. The van der Waals surface area contributed by atoms with Gasteiger partial charge >= 0.3 is 0 Å². The lowest BCUT2D eigenvalue weighted by Crippen LogP contribution is -2.09.